The number of hydrogen-bond donors (Lipinski definition) is 1. The van der Waals surface area contributed by atoms with Crippen LogP contribution in [0.2, 0.25) is 5.02 Å². The third-order valence-electron chi connectivity index (χ3n) is 1.61. The molecule has 0 aliphatic heterocycles. The molecule has 0 aromatic heterocycles. The number of nitriles is 1. The molecule has 1 aromatic carbocycles. The van der Waals surface area contributed by atoms with E-state index in [1.807, 2.05) is 0 Å². The van der Waals surface area contributed by atoms with Crippen molar-refractivity contribution in [2.45, 2.75) is 0 Å². The fourth-order valence-corrected chi connectivity index (χ4v) is 1.15. The molecule has 0 radical (unpaired) electrons. The molecule has 0 bridgehead atoms. The second-order valence-corrected chi connectivity index (χ2v) is 3.04. The van der Waals surface area contributed by atoms with E-state index in [0.29, 0.717) is 0 Å². The predicted molar refractivity (Wildman–Crippen MR) is 52.8 cm³/mol. The van der Waals surface area contributed by atoms with Crippen LogP contribution in [0.3, 0.4) is 0 Å². The SMILES string of the molecule is N#Cc1cc(F)c(C=CC(=O)O)cc1Cl. The molecule has 76 valence electrons. The van der Waals surface area contributed by atoms with E-state index in [4.69, 9.17) is 22.0 Å². The summed E-state index contributed by atoms with van der Waals surface area (Å²) in [7, 11) is 0. The molecule has 0 aliphatic rings. The van der Waals surface area contributed by atoms with Gasteiger partial charge in [-0.15, -0.1) is 0 Å². The highest BCUT2D eigenvalue weighted by Gasteiger charge is 2.06. The molecule has 5 heteroatoms. The van der Waals surface area contributed by atoms with Crippen molar-refractivity contribution in [3.63, 3.8) is 0 Å². The lowest BCUT2D eigenvalue weighted by molar-refractivity contribution is -0.131. The van der Waals surface area contributed by atoms with Gasteiger partial charge in [0.15, 0.2) is 0 Å². The summed E-state index contributed by atoms with van der Waals surface area (Å²) < 4.78 is 13.2. The molecule has 3 nitrogen and oxygen atoms in total. The number of carboxylic acid groups (broad SMARTS) is 1. The Labute approximate surface area is 90.0 Å². The van der Waals surface area contributed by atoms with Gasteiger partial charge < -0.3 is 5.11 Å². The van der Waals surface area contributed by atoms with Crippen LogP contribution < -0.4 is 0 Å². The molecule has 0 saturated heterocycles. The molecule has 0 aliphatic carbocycles. The van der Waals surface area contributed by atoms with Crippen LogP contribution in [0.5, 0.6) is 0 Å². The maximum atomic E-state index is 13.2. The second kappa shape index (κ2) is 4.58. The van der Waals surface area contributed by atoms with Gasteiger partial charge >= 0.3 is 5.97 Å². The van der Waals surface area contributed by atoms with Gasteiger partial charge in [0.1, 0.15) is 11.9 Å². The smallest absolute Gasteiger partial charge is 0.328 e. The van der Waals surface area contributed by atoms with Gasteiger partial charge in [0.25, 0.3) is 0 Å². The molecule has 0 amide bonds. The van der Waals surface area contributed by atoms with Crippen molar-refractivity contribution >= 4 is 23.6 Å². The molecule has 0 fully saturated rings. The number of benzene rings is 1. The van der Waals surface area contributed by atoms with E-state index < -0.39 is 11.8 Å². The highest BCUT2D eigenvalue weighted by atomic mass is 35.5. The number of carbonyl (C=O) groups is 1. The first-order valence-corrected chi connectivity index (χ1v) is 4.22. The van der Waals surface area contributed by atoms with Crippen molar-refractivity contribution in [2.75, 3.05) is 0 Å². The molecule has 0 unspecified atom stereocenters. The molecule has 0 heterocycles. The van der Waals surface area contributed by atoms with E-state index in [0.717, 1.165) is 18.2 Å². The normalized spacial score (nSPS) is 10.2. The van der Waals surface area contributed by atoms with Crippen molar-refractivity contribution in [3.05, 3.63) is 40.2 Å². The summed E-state index contributed by atoms with van der Waals surface area (Å²) in [6, 6.07) is 3.88. The zero-order valence-electron chi connectivity index (χ0n) is 7.37. The van der Waals surface area contributed by atoms with Crippen LogP contribution >= 0.6 is 11.6 Å². The Kier molecular flexibility index (Phi) is 3.42. The van der Waals surface area contributed by atoms with Crippen LogP contribution in [0.1, 0.15) is 11.1 Å². The van der Waals surface area contributed by atoms with Gasteiger partial charge in [-0.25, -0.2) is 9.18 Å². The van der Waals surface area contributed by atoms with Crippen molar-refractivity contribution in [1.82, 2.24) is 0 Å². The highest BCUT2D eigenvalue weighted by Crippen LogP contribution is 2.21. The third kappa shape index (κ3) is 2.79. The lowest BCUT2D eigenvalue weighted by atomic mass is 10.1. The standard InChI is InChI=1S/C10H5ClFNO2/c11-8-3-6(1-2-10(14)15)9(12)4-7(8)5-13/h1-4H,(H,14,15). The Bertz CT molecular complexity index is 477. The first kappa shape index (κ1) is 11.2. The van der Waals surface area contributed by atoms with Gasteiger partial charge in [-0.2, -0.15) is 5.26 Å². The van der Waals surface area contributed by atoms with E-state index in [2.05, 4.69) is 0 Å². The summed E-state index contributed by atoms with van der Waals surface area (Å²) in [5.74, 6) is -1.87. The van der Waals surface area contributed by atoms with E-state index in [1.54, 1.807) is 6.07 Å². The van der Waals surface area contributed by atoms with Gasteiger partial charge in [-0.3, -0.25) is 0 Å². The molecule has 15 heavy (non-hydrogen) atoms. The fraction of sp³-hybridized carbons (Fsp3) is 0. The molecule has 1 rings (SSSR count). The monoisotopic (exact) mass is 225 g/mol. The molecular formula is C10H5ClFNO2. The average molecular weight is 226 g/mol. The minimum Gasteiger partial charge on any atom is -0.478 e. The number of hydrogen-bond acceptors (Lipinski definition) is 2. The summed E-state index contributed by atoms with van der Waals surface area (Å²) in [6.45, 7) is 0. The molecule has 0 saturated carbocycles. The number of carboxylic acids is 1. The third-order valence-corrected chi connectivity index (χ3v) is 1.92. The first-order valence-electron chi connectivity index (χ1n) is 3.84. The lowest BCUT2D eigenvalue weighted by Gasteiger charge is -1.99. The van der Waals surface area contributed by atoms with Gasteiger partial charge in [0, 0.05) is 11.6 Å². The lowest BCUT2D eigenvalue weighted by Crippen LogP contribution is -1.89. The quantitative estimate of drug-likeness (QED) is 0.787. The van der Waals surface area contributed by atoms with Gasteiger partial charge in [0.2, 0.25) is 0 Å². The molecular weight excluding hydrogens is 221 g/mol. The minimum absolute atomic E-state index is 0.0154. The summed E-state index contributed by atoms with van der Waals surface area (Å²) in [5.41, 5.74) is 0.0445. The maximum Gasteiger partial charge on any atom is 0.328 e. The Hall–Kier alpha value is -1.86. The van der Waals surface area contributed by atoms with Crippen LogP contribution in [0.15, 0.2) is 18.2 Å². The largest absolute Gasteiger partial charge is 0.478 e. The number of nitrogens with zero attached hydrogens (tertiary/aromatic N) is 1. The van der Waals surface area contributed by atoms with Gasteiger partial charge in [-0.1, -0.05) is 11.6 Å². The summed E-state index contributed by atoms with van der Waals surface area (Å²) in [6.07, 6.45) is 1.87. The number of aliphatic carboxylic acids is 1. The summed E-state index contributed by atoms with van der Waals surface area (Å²) in [5, 5.41) is 17.0. The summed E-state index contributed by atoms with van der Waals surface area (Å²) >= 11 is 5.65. The van der Waals surface area contributed by atoms with Crippen molar-refractivity contribution in [2.24, 2.45) is 0 Å². The van der Waals surface area contributed by atoms with Crippen LogP contribution in [0, 0.1) is 17.1 Å². The van der Waals surface area contributed by atoms with Gasteiger partial charge in [-0.05, 0) is 18.2 Å². The maximum absolute atomic E-state index is 13.2. The van der Waals surface area contributed by atoms with Crippen molar-refractivity contribution in [1.29, 1.82) is 5.26 Å². The number of rotatable bonds is 2. The Balaban J connectivity index is 3.18. The molecule has 1 N–H and O–H groups in total. The van der Waals surface area contributed by atoms with Crippen LogP contribution in [0.25, 0.3) is 6.08 Å². The second-order valence-electron chi connectivity index (χ2n) is 2.64. The van der Waals surface area contributed by atoms with Crippen LogP contribution in [-0.4, -0.2) is 11.1 Å². The van der Waals surface area contributed by atoms with Crippen molar-refractivity contribution in [3.8, 4) is 6.07 Å². The fourth-order valence-electron chi connectivity index (χ4n) is 0.937. The van der Waals surface area contributed by atoms with E-state index >= 15 is 0 Å². The minimum atomic E-state index is -1.19. The van der Waals surface area contributed by atoms with E-state index in [-0.39, 0.29) is 16.1 Å². The van der Waals surface area contributed by atoms with Crippen molar-refractivity contribution < 1.29 is 14.3 Å². The Morgan fingerprint density at radius 3 is 2.80 bits per heavy atom. The van der Waals surface area contributed by atoms with Gasteiger partial charge in [0.05, 0.1) is 10.6 Å². The summed E-state index contributed by atoms with van der Waals surface area (Å²) in [4.78, 5) is 10.2. The van der Waals surface area contributed by atoms with Crippen LogP contribution in [-0.2, 0) is 4.79 Å². The number of halogens is 2. The molecule has 0 spiro atoms. The average Bonchev–Trinajstić information content (AvgIpc) is 2.18. The molecule has 1 aromatic rings. The Morgan fingerprint density at radius 1 is 1.60 bits per heavy atom. The molecule has 0 atom stereocenters. The zero-order chi connectivity index (χ0) is 11.4. The van der Waals surface area contributed by atoms with E-state index in [1.165, 1.54) is 6.07 Å². The van der Waals surface area contributed by atoms with Crippen LogP contribution in [0.4, 0.5) is 4.39 Å². The topological polar surface area (TPSA) is 61.1 Å². The highest BCUT2D eigenvalue weighted by molar-refractivity contribution is 6.31. The Morgan fingerprint density at radius 2 is 2.27 bits per heavy atom. The first-order chi connectivity index (χ1) is 7.04. The van der Waals surface area contributed by atoms with E-state index in [9.17, 15) is 9.18 Å². The zero-order valence-corrected chi connectivity index (χ0v) is 8.12. The predicted octanol–water partition coefficient (Wildman–Crippen LogP) is 2.45.